The number of aryl methyl sites for hydroxylation is 1. The summed E-state index contributed by atoms with van der Waals surface area (Å²) in [5.41, 5.74) is 3.98. The Hall–Kier alpha value is -4.09. The molecule has 5 rings (SSSR count). The summed E-state index contributed by atoms with van der Waals surface area (Å²) in [6, 6.07) is 19.7. The zero-order chi connectivity index (χ0) is 25.4. The van der Waals surface area contributed by atoms with E-state index in [1.165, 1.54) is 28.8 Å². The van der Waals surface area contributed by atoms with E-state index in [1.807, 2.05) is 0 Å². The van der Waals surface area contributed by atoms with Crippen LogP contribution in [0.15, 0.2) is 71.5 Å². The van der Waals surface area contributed by atoms with Gasteiger partial charge >= 0.3 is 0 Å². The molecule has 1 saturated heterocycles. The number of halogens is 2. The van der Waals surface area contributed by atoms with Crippen molar-refractivity contribution in [3.05, 3.63) is 106 Å². The number of nitriles is 1. The van der Waals surface area contributed by atoms with Gasteiger partial charge in [0, 0.05) is 38.8 Å². The molecule has 0 bridgehead atoms. The molecule has 0 spiro atoms. The molecule has 1 aliphatic rings. The maximum Gasteiger partial charge on any atom is 0.252 e. The Morgan fingerprint density at radius 3 is 2.14 bits per heavy atom. The molecule has 0 N–H and O–H groups in total. The Bertz CT molecular complexity index is 1460. The van der Waals surface area contributed by atoms with Gasteiger partial charge in [-0.05, 0) is 54.4 Å². The lowest BCUT2D eigenvalue weighted by Crippen LogP contribution is -2.53. The molecule has 6 nitrogen and oxygen atoms in total. The molecule has 2 aromatic heterocycles. The molecule has 1 unspecified atom stereocenters. The van der Waals surface area contributed by atoms with Crippen molar-refractivity contribution in [1.82, 2.24) is 14.5 Å². The van der Waals surface area contributed by atoms with Crippen molar-refractivity contribution in [3.8, 4) is 6.07 Å². The molecule has 3 heterocycles. The first-order valence-electron chi connectivity index (χ1n) is 11.8. The summed E-state index contributed by atoms with van der Waals surface area (Å²) in [5.74, 6) is -0.617. The molecule has 2 aromatic carbocycles. The number of aromatic nitrogens is 2. The van der Waals surface area contributed by atoms with Crippen LogP contribution in [0, 0.1) is 23.0 Å². The van der Waals surface area contributed by atoms with Gasteiger partial charge in [0.1, 0.15) is 28.9 Å². The predicted molar refractivity (Wildman–Crippen MR) is 135 cm³/mol. The minimum Gasteiger partial charge on any atom is -0.364 e. The van der Waals surface area contributed by atoms with Crippen LogP contribution in [0.25, 0.3) is 11.0 Å². The van der Waals surface area contributed by atoms with Crippen LogP contribution in [0.2, 0.25) is 0 Å². The first-order chi connectivity index (χ1) is 17.4. The third-order valence-corrected chi connectivity index (χ3v) is 6.89. The van der Waals surface area contributed by atoms with Crippen LogP contribution < -0.4 is 10.5 Å². The van der Waals surface area contributed by atoms with Crippen LogP contribution >= 0.6 is 0 Å². The van der Waals surface area contributed by atoms with Crippen molar-refractivity contribution in [3.63, 3.8) is 0 Å². The van der Waals surface area contributed by atoms with Gasteiger partial charge in [0.05, 0.1) is 17.2 Å². The number of rotatable bonds is 4. The standard InChI is InChI=1S/C28H25F2N5O/c1-18-17-34(28(19-3-7-21(29)8-4-19)20-5-9-22(30)10-6-20)13-14-35(18)25-15-26(36)33(2)24-12-11-23(16-31)32-27(24)25/h3-12,15,18,28H,13-14,17H2,1-2H3. The number of hydrogen-bond acceptors (Lipinski definition) is 5. The Labute approximate surface area is 207 Å². The van der Waals surface area contributed by atoms with Gasteiger partial charge in [-0.2, -0.15) is 5.26 Å². The number of benzene rings is 2. The number of nitrogens with zero attached hydrogens (tertiary/aromatic N) is 5. The van der Waals surface area contributed by atoms with Crippen LogP contribution in [0.3, 0.4) is 0 Å². The summed E-state index contributed by atoms with van der Waals surface area (Å²) in [7, 11) is 1.69. The highest BCUT2D eigenvalue weighted by molar-refractivity contribution is 5.89. The highest BCUT2D eigenvalue weighted by Crippen LogP contribution is 2.33. The van der Waals surface area contributed by atoms with Crippen LogP contribution in [-0.4, -0.2) is 40.1 Å². The molecule has 1 atom stereocenters. The van der Waals surface area contributed by atoms with Crippen molar-refractivity contribution in [2.24, 2.45) is 7.05 Å². The van der Waals surface area contributed by atoms with E-state index in [9.17, 15) is 18.8 Å². The van der Waals surface area contributed by atoms with E-state index in [4.69, 9.17) is 0 Å². The second kappa shape index (κ2) is 9.51. The third-order valence-electron chi connectivity index (χ3n) is 6.89. The van der Waals surface area contributed by atoms with Crippen LogP contribution in [0.4, 0.5) is 14.5 Å². The molecular weight excluding hydrogens is 460 g/mol. The second-order valence-corrected chi connectivity index (χ2v) is 9.15. The fourth-order valence-electron chi connectivity index (χ4n) is 5.08. The monoisotopic (exact) mass is 485 g/mol. The van der Waals surface area contributed by atoms with Crippen LogP contribution in [0.5, 0.6) is 0 Å². The lowest BCUT2D eigenvalue weighted by atomic mass is 9.95. The zero-order valence-electron chi connectivity index (χ0n) is 20.0. The Balaban J connectivity index is 1.51. The molecule has 0 amide bonds. The predicted octanol–water partition coefficient (Wildman–Crippen LogP) is 4.38. The average molecular weight is 486 g/mol. The minimum atomic E-state index is -0.309. The smallest absolute Gasteiger partial charge is 0.252 e. The largest absolute Gasteiger partial charge is 0.364 e. The molecule has 1 aliphatic heterocycles. The topological polar surface area (TPSA) is 65.2 Å². The maximum absolute atomic E-state index is 13.7. The number of fused-ring (bicyclic) bond motifs is 1. The van der Waals surface area contributed by atoms with E-state index in [2.05, 4.69) is 27.8 Å². The van der Waals surface area contributed by atoms with Gasteiger partial charge in [-0.3, -0.25) is 9.69 Å². The van der Waals surface area contributed by atoms with Crippen molar-refractivity contribution < 1.29 is 8.78 Å². The minimum absolute atomic E-state index is 0.00462. The molecule has 0 aliphatic carbocycles. The van der Waals surface area contributed by atoms with Gasteiger partial charge in [0.15, 0.2) is 0 Å². The highest BCUT2D eigenvalue weighted by Gasteiger charge is 2.32. The van der Waals surface area contributed by atoms with Crippen molar-refractivity contribution in [1.29, 1.82) is 5.26 Å². The lowest BCUT2D eigenvalue weighted by molar-refractivity contribution is 0.188. The number of hydrogen-bond donors (Lipinski definition) is 0. The Kier molecular flexibility index (Phi) is 6.25. The first kappa shape index (κ1) is 23.6. The second-order valence-electron chi connectivity index (χ2n) is 9.15. The van der Waals surface area contributed by atoms with Crippen LogP contribution in [0.1, 0.15) is 29.8 Å². The molecule has 0 radical (unpaired) electrons. The summed E-state index contributed by atoms with van der Waals surface area (Å²) in [5, 5.41) is 9.37. The fraction of sp³-hybridized carbons (Fsp3) is 0.250. The quantitative estimate of drug-likeness (QED) is 0.429. The third kappa shape index (κ3) is 4.34. The zero-order valence-corrected chi connectivity index (χ0v) is 20.0. The van der Waals surface area contributed by atoms with Gasteiger partial charge < -0.3 is 9.47 Å². The number of piperazine rings is 1. The van der Waals surface area contributed by atoms with Gasteiger partial charge in [-0.1, -0.05) is 24.3 Å². The van der Waals surface area contributed by atoms with Crippen molar-refractivity contribution in [2.75, 3.05) is 24.5 Å². The molecule has 0 saturated carbocycles. The van der Waals surface area contributed by atoms with E-state index in [0.717, 1.165) is 11.1 Å². The number of pyridine rings is 2. The van der Waals surface area contributed by atoms with Gasteiger partial charge in [-0.25, -0.2) is 13.8 Å². The SMILES string of the molecule is CC1CN(C(c2ccc(F)cc2)c2ccc(F)cc2)CCN1c1cc(=O)n(C)c2ccc(C#N)nc12. The summed E-state index contributed by atoms with van der Waals surface area (Å²) >= 11 is 0. The summed E-state index contributed by atoms with van der Waals surface area (Å²) in [6.45, 7) is 3.99. The first-order valence-corrected chi connectivity index (χ1v) is 11.8. The normalized spacial score (nSPS) is 16.4. The summed E-state index contributed by atoms with van der Waals surface area (Å²) in [6.07, 6.45) is 0. The highest BCUT2D eigenvalue weighted by atomic mass is 19.1. The summed E-state index contributed by atoms with van der Waals surface area (Å²) < 4.78 is 28.9. The van der Waals surface area contributed by atoms with E-state index in [1.54, 1.807) is 49.5 Å². The fourth-order valence-corrected chi connectivity index (χ4v) is 5.08. The molecule has 36 heavy (non-hydrogen) atoms. The molecule has 182 valence electrons. The van der Waals surface area contributed by atoms with Gasteiger partial charge in [-0.15, -0.1) is 0 Å². The summed E-state index contributed by atoms with van der Waals surface area (Å²) in [4.78, 5) is 21.7. The van der Waals surface area contributed by atoms with Crippen LogP contribution in [-0.2, 0) is 7.05 Å². The van der Waals surface area contributed by atoms with E-state index < -0.39 is 0 Å². The average Bonchev–Trinajstić information content (AvgIpc) is 2.88. The van der Waals surface area contributed by atoms with Crippen molar-refractivity contribution in [2.45, 2.75) is 19.0 Å². The van der Waals surface area contributed by atoms with Gasteiger partial charge in [0.25, 0.3) is 5.56 Å². The lowest BCUT2D eigenvalue weighted by Gasteiger charge is -2.44. The molecule has 1 fully saturated rings. The molecule has 8 heteroatoms. The van der Waals surface area contributed by atoms with E-state index in [-0.39, 0.29) is 29.3 Å². The van der Waals surface area contributed by atoms with Gasteiger partial charge in [0.2, 0.25) is 0 Å². The molecule has 4 aromatic rings. The Morgan fingerprint density at radius 1 is 0.972 bits per heavy atom. The maximum atomic E-state index is 13.7. The van der Waals surface area contributed by atoms with E-state index >= 15 is 0 Å². The Morgan fingerprint density at radius 2 is 1.58 bits per heavy atom. The number of anilines is 1. The van der Waals surface area contributed by atoms with E-state index in [0.29, 0.717) is 42.0 Å². The molecular formula is C28H25F2N5O. The van der Waals surface area contributed by atoms with Crippen molar-refractivity contribution >= 4 is 16.7 Å².